The fourth-order valence-electron chi connectivity index (χ4n) is 3.75. The van der Waals surface area contributed by atoms with Crippen molar-refractivity contribution in [3.05, 3.63) is 72.0 Å². The summed E-state index contributed by atoms with van der Waals surface area (Å²) < 4.78 is 5.57. The number of nitrogens with zero attached hydrogens (tertiary/aromatic N) is 1. The van der Waals surface area contributed by atoms with Crippen molar-refractivity contribution in [2.24, 2.45) is 0 Å². The zero-order valence-electron chi connectivity index (χ0n) is 13.4. The van der Waals surface area contributed by atoms with Crippen LogP contribution in [-0.2, 0) is 4.79 Å². The fraction of sp³-hybridized carbons (Fsp3) is 0.250. The van der Waals surface area contributed by atoms with Crippen LogP contribution in [0.2, 0.25) is 0 Å². The molecule has 2 heterocycles. The minimum atomic E-state index is -0.796. The number of likely N-dealkylation sites (N-methyl/N-ethyl adjacent to an activating group) is 1. The van der Waals surface area contributed by atoms with E-state index in [1.165, 1.54) is 0 Å². The molecule has 0 unspecified atom stereocenters. The van der Waals surface area contributed by atoms with E-state index in [1.54, 1.807) is 18.2 Å². The number of likely N-dealkylation sites (tertiary alicyclic amines) is 1. The van der Waals surface area contributed by atoms with E-state index < -0.39 is 6.10 Å². The van der Waals surface area contributed by atoms with Gasteiger partial charge in [0.15, 0.2) is 0 Å². The second-order valence-electron chi connectivity index (χ2n) is 6.35. The predicted molar refractivity (Wildman–Crippen MR) is 91.5 cm³/mol. The lowest BCUT2D eigenvalue weighted by Crippen LogP contribution is -2.36. The molecule has 1 fully saturated rings. The second kappa shape index (κ2) is 5.80. The number of para-hydroxylation sites is 1. The van der Waals surface area contributed by atoms with Gasteiger partial charge in [0.05, 0.1) is 12.3 Å². The Morgan fingerprint density at radius 3 is 2.62 bits per heavy atom. The average molecular weight is 321 g/mol. The van der Waals surface area contributed by atoms with Gasteiger partial charge < -0.3 is 14.4 Å². The molecule has 1 aromatic heterocycles. The Morgan fingerprint density at radius 1 is 1.12 bits per heavy atom. The third-order valence-corrected chi connectivity index (χ3v) is 5.03. The van der Waals surface area contributed by atoms with E-state index in [0.717, 1.165) is 22.1 Å². The Morgan fingerprint density at radius 2 is 1.83 bits per heavy atom. The normalized spacial score (nSPS) is 22.2. The lowest BCUT2D eigenvalue weighted by molar-refractivity contribution is -0.128. The number of benzene rings is 2. The summed E-state index contributed by atoms with van der Waals surface area (Å²) >= 11 is 0. The van der Waals surface area contributed by atoms with E-state index in [4.69, 9.17) is 4.42 Å². The molecule has 0 spiro atoms. The van der Waals surface area contributed by atoms with Crippen molar-refractivity contribution in [2.45, 2.75) is 24.5 Å². The number of amides is 1. The molecule has 24 heavy (non-hydrogen) atoms. The number of carbonyl (C=O) groups is 1. The lowest BCUT2D eigenvalue weighted by Gasteiger charge is -2.29. The maximum Gasteiger partial charge on any atom is 0.223 e. The van der Waals surface area contributed by atoms with E-state index >= 15 is 0 Å². The van der Waals surface area contributed by atoms with E-state index in [1.807, 2.05) is 54.6 Å². The molecule has 0 saturated carbocycles. The highest BCUT2D eigenvalue weighted by atomic mass is 16.3. The number of hydrogen-bond donors (Lipinski definition) is 1. The summed E-state index contributed by atoms with van der Waals surface area (Å²) in [7, 11) is 1.77. The monoisotopic (exact) mass is 321 g/mol. The predicted octanol–water partition coefficient (Wildman–Crippen LogP) is 3.48. The fourth-order valence-corrected chi connectivity index (χ4v) is 3.75. The maximum atomic E-state index is 12.3. The number of aliphatic hydroxyl groups is 1. The minimum absolute atomic E-state index is 0.0348. The van der Waals surface area contributed by atoms with Gasteiger partial charge in [-0.05, 0) is 11.6 Å². The summed E-state index contributed by atoms with van der Waals surface area (Å²) in [6.07, 6.45) is 1.22. The molecular weight excluding hydrogens is 302 g/mol. The Hall–Kier alpha value is -2.59. The standard InChI is InChI=1S/C20H19NO3/c1-21-18(22)11-15(13-7-3-2-4-8-13)19(21)20(23)16-12-24-17-10-6-5-9-14(16)17/h2-10,12,15,19-20,23H,11H2,1H3/t15-,19-,20+/m1/s1. The Bertz CT molecular complexity index is 871. The van der Waals surface area contributed by atoms with Gasteiger partial charge in [-0.15, -0.1) is 0 Å². The summed E-state index contributed by atoms with van der Waals surface area (Å²) in [4.78, 5) is 14.0. The first-order chi connectivity index (χ1) is 11.7. The van der Waals surface area contributed by atoms with E-state index in [0.29, 0.717) is 6.42 Å². The Kier molecular flexibility index (Phi) is 3.62. The first-order valence-electron chi connectivity index (χ1n) is 8.11. The highest BCUT2D eigenvalue weighted by Gasteiger charge is 2.43. The van der Waals surface area contributed by atoms with Crippen molar-refractivity contribution in [1.82, 2.24) is 4.90 Å². The van der Waals surface area contributed by atoms with E-state index in [-0.39, 0.29) is 17.9 Å². The van der Waals surface area contributed by atoms with Crippen LogP contribution in [0.15, 0.2) is 65.3 Å². The molecule has 0 bridgehead atoms. The molecule has 0 aliphatic carbocycles. The largest absolute Gasteiger partial charge is 0.464 e. The summed E-state index contributed by atoms with van der Waals surface area (Å²) in [6.45, 7) is 0. The summed E-state index contributed by atoms with van der Waals surface area (Å²) in [5.41, 5.74) is 2.56. The van der Waals surface area contributed by atoms with Crippen LogP contribution in [0.5, 0.6) is 0 Å². The van der Waals surface area contributed by atoms with Crippen LogP contribution >= 0.6 is 0 Å². The minimum Gasteiger partial charge on any atom is -0.464 e. The molecule has 1 saturated heterocycles. The smallest absolute Gasteiger partial charge is 0.223 e. The molecule has 0 radical (unpaired) electrons. The van der Waals surface area contributed by atoms with Crippen LogP contribution in [0, 0.1) is 0 Å². The number of aliphatic hydroxyl groups excluding tert-OH is 1. The van der Waals surface area contributed by atoms with Crippen LogP contribution in [0.1, 0.15) is 29.6 Å². The molecule has 4 heteroatoms. The topological polar surface area (TPSA) is 53.7 Å². The van der Waals surface area contributed by atoms with Crippen LogP contribution in [0.3, 0.4) is 0 Å². The van der Waals surface area contributed by atoms with Crippen LogP contribution in [0.4, 0.5) is 0 Å². The summed E-state index contributed by atoms with van der Waals surface area (Å²) in [5, 5.41) is 12.0. The zero-order chi connectivity index (χ0) is 16.7. The first-order valence-corrected chi connectivity index (χ1v) is 8.11. The molecule has 4 rings (SSSR count). The quantitative estimate of drug-likeness (QED) is 0.803. The second-order valence-corrected chi connectivity index (χ2v) is 6.35. The third kappa shape index (κ3) is 2.31. The summed E-state index contributed by atoms with van der Waals surface area (Å²) in [6, 6.07) is 17.3. The molecule has 3 atom stereocenters. The van der Waals surface area contributed by atoms with Gasteiger partial charge in [0.1, 0.15) is 11.7 Å². The number of rotatable bonds is 3. The first kappa shape index (κ1) is 15.0. The molecule has 1 aliphatic heterocycles. The van der Waals surface area contributed by atoms with Crippen molar-refractivity contribution in [3.63, 3.8) is 0 Å². The molecule has 3 aromatic rings. The molecule has 4 nitrogen and oxygen atoms in total. The lowest BCUT2D eigenvalue weighted by atomic mass is 9.86. The Labute approximate surface area is 140 Å². The van der Waals surface area contributed by atoms with Crippen molar-refractivity contribution < 1.29 is 14.3 Å². The number of hydrogen-bond acceptors (Lipinski definition) is 3. The highest BCUT2D eigenvalue weighted by Crippen LogP contribution is 2.41. The van der Waals surface area contributed by atoms with Crippen molar-refractivity contribution >= 4 is 16.9 Å². The maximum absolute atomic E-state index is 12.3. The van der Waals surface area contributed by atoms with Crippen molar-refractivity contribution in [1.29, 1.82) is 0 Å². The van der Waals surface area contributed by atoms with Gasteiger partial charge in [-0.25, -0.2) is 0 Å². The molecule has 2 aromatic carbocycles. The van der Waals surface area contributed by atoms with Crippen LogP contribution in [-0.4, -0.2) is 29.0 Å². The highest BCUT2D eigenvalue weighted by molar-refractivity contribution is 5.83. The SMILES string of the molecule is CN1C(=O)C[C@H](c2ccccc2)[C@@H]1[C@@H](O)c1coc2ccccc12. The van der Waals surface area contributed by atoms with Crippen LogP contribution in [0.25, 0.3) is 11.0 Å². The summed E-state index contributed by atoms with van der Waals surface area (Å²) in [5.74, 6) is 0.0214. The third-order valence-electron chi connectivity index (χ3n) is 5.03. The van der Waals surface area contributed by atoms with Crippen molar-refractivity contribution in [3.8, 4) is 0 Å². The molecule has 1 amide bonds. The van der Waals surface area contributed by atoms with Gasteiger partial charge in [0.2, 0.25) is 5.91 Å². The Balaban J connectivity index is 1.76. The van der Waals surface area contributed by atoms with Gasteiger partial charge in [-0.1, -0.05) is 48.5 Å². The molecular formula is C20H19NO3. The number of fused-ring (bicyclic) bond motifs is 1. The van der Waals surface area contributed by atoms with E-state index in [9.17, 15) is 9.90 Å². The van der Waals surface area contributed by atoms with E-state index in [2.05, 4.69) is 0 Å². The number of carbonyl (C=O) groups excluding carboxylic acids is 1. The molecule has 1 aliphatic rings. The van der Waals surface area contributed by atoms with Gasteiger partial charge in [-0.2, -0.15) is 0 Å². The van der Waals surface area contributed by atoms with Gasteiger partial charge >= 0.3 is 0 Å². The number of furan rings is 1. The molecule has 1 N–H and O–H groups in total. The van der Waals surface area contributed by atoms with Gasteiger partial charge in [-0.3, -0.25) is 4.79 Å². The zero-order valence-corrected chi connectivity index (χ0v) is 13.4. The average Bonchev–Trinajstić information content (AvgIpc) is 3.17. The van der Waals surface area contributed by atoms with Gasteiger partial charge in [0.25, 0.3) is 0 Å². The molecule has 122 valence electrons. The van der Waals surface area contributed by atoms with Crippen molar-refractivity contribution in [2.75, 3.05) is 7.05 Å². The van der Waals surface area contributed by atoms with Crippen LogP contribution < -0.4 is 0 Å². The van der Waals surface area contributed by atoms with Gasteiger partial charge in [0, 0.05) is 30.3 Å².